The summed E-state index contributed by atoms with van der Waals surface area (Å²) in [5, 5.41) is 4.27. The van der Waals surface area contributed by atoms with Gasteiger partial charge >= 0.3 is 0 Å². The van der Waals surface area contributed by atoms with Gasteiger partial charge in [0.25, 0.3) is 0 Å². The molecule has 0 atom stereocenters. The fourth-order valence-corrected chi connectivity index (χ4v) is 2.06. The van der Waals surface area contributed by atoms with Gasteiger partial charge in [0.1, 0.15) is 5.82 Å². The molecule has 1 aromatic heterocycles. The van der Waals surface area contributed by atoms with E-state index >= 15 is 0 Å². The molecule has 0 unspecified atom stereocenters. The molecule has 0 radical (unpaired) electrons. The van der Waals surface area contributed by atoms with Gasteiger partial charge in [-0.3, -0.25) is 4.68 Å². The van der Waals surface area contributed by atoms with E-state index in [2.05, 4.69) is 12.0 Å². The van der Waals surface area contributed by atoms with Crippen molar-refractivity contribution < 1.29 is 4.39 Å². The van der Waals surface area contributed by atoms with E-state index in [0.717, 1.165) is 35.4 Å². The van der Waals surface area contributed by atoms with Crippen molar-refractivity contribution in [1.82, 2.24) is 9.78 Å². The molecule has 0 saturated carbocycles. The summed E-state index contributed by atoms with van der Waals surface area (Å²) in [6.45, 7) is 3.99. The first kappa shape index (κ1) is 11.8. The lowest BCUT2D eigenvalue weighted by Crippen LogP contribution is -1.96. The number of hydrogen-bond donors (Lipinski definition) is 0. The molecular weight excluding hydrogens is 215 g/mol. The molecule has 0 amide bonds. The number of aryl methyl sites for hydroxylation is 3. The molecule has 90 valence electrons. The Morgan fingerprint density at radius 2 is 2.06 bits per heavy atom. The standard InChI is InChI=1S/C14H17FN2/c1-4-5-11-6-7-12(9-13(11)15)14-8-10(2)16-17(14)3/h6-9H,4-5H2,1-3H3. The van der Waals surface area contributed by atoms with Crippen LogP contribution in [0.1, 0.15) is 24.6 Å². The summed E-state index contributed by atoms with van der Waals surface area (Å²) in [4.78, 5) is 0. The van der Waals surface area contributed by atoms with Crippen LogP contribution in [0.2, 0.25) is 0 Å². The highest BCUT2D eigenvalue weighted by Gasteiger charge is 2.08. The van der Waals surface area contributed by atoms with Crippen LogP contribution in [0.3, 0.4) is 0 Å². The van der Waals surface area contributed by atoms with Crippen LogP contribution < -0.4 is 0 Å². The molecule has 0 spiro atoms. The number of hydrogen-bond acceptors (Lipinski definition) is 1. The highest BCUT2D eigenvalue weighted by molar-refractivity contribution is 5.60. The van der Waals surface area contributed by atoms with Gasteiger partial charge in [0, 0.05) is 12.6 Å². The lowest BCUT2D eigenvalue weighted by molar-refractivity contribution is 0.607. The van der Waals surface area contributed by atoms with Gasteiger partial charge in [0.2, 0.25) is 0 Å². The molecular formula is C14H17FN2. The molecule has 0 saturated heterocycles. The first-order chi connectivity index (χ1) is 8.11. The van der Waals surface area contributed by atoms with E-state index in [9.17, 15) is 4.39 Å². The number of rotatable bonds is 3. The van der Waals surface area contributed by atoms with E-state index in [1.54, 1.807) is 10.7 Å². The highest BCUT2D eigenvalue weighted by atomic mass is 19.1. The summed E-state index contributed by atoms with van der Waals surface area (Å²) in [7, 11) is 1.88. The van der Waals surface area contributed by atoms with Crippen molar-refractivity contribution in [2.75, 3.05) is 0 Å². The van der Waals surface area contributed by atoms with Gasteiger partial charge in [0.15, 0.2) is 0 Å². The van der Waals surface area contributed by atoms with Gasteiger partial charge < -0.3 is 0 Å². The third-order valence-electron chi connectivity index (χ3n) is 2.87. The van der Waals surface area contributed by atoms with E-state index in [-0.39, 0.29) is 5.82 Å². The third-order valence-corrected chi connectivity index (χ3v) is 2.87. The second-order valence-electron chi connectivity index (χ2n) is 4.35. The maximum Gasteiger partial charge on any atom is 0.127 e. The topological polar surface area (TPSA) is 17.8 Å². The van der Waals surface area contributed by atoms with Gasteiger partial charge in [0.05, 0.1) is 11.4 Å². The zero-order chi connectivity index (χ0) is 12.4. The first-order valence-electron chi connectivity index (χ1n) is 5.91. The van der Waals surface area contributed by atoms with E-state index in [1.807, 2.05) is 32.2 Å². The summed E-state index contributed by atoms with van der Waals surface area (Å²) in [5.41, 5.74) is 3.56. The fourth-order valence-electron chi connectivity index (χ4n) is 2.06. The van der Waals surface area contributed by atoms with Crippen LogP contribution in [0.4, 0.5) is 4.39 Å². The number of aromatic nitrogens is 2. The smallest absolute Gasteiger partial charge is 0.127 e. The molecule has 0 N–H and O–H groups in total. The van der Waals surface area contributed by atoms with Crippen molar-refractivity contribution in [3.05, 3.63) is 41.3 Å². The average Bonchev–Trinajstić information content (AvgIpc) is 2.61. The number of benzene rings is 1. The Balaban J connectivity index is 2.41. The molecule has 0 aliphatic rings. The summed E-state index contributed by atoms with van der Waals surface area (Å²) in [6.07, 6.45) is 1.75. The molecule has 17 heavy (non-hydrogen) atoms. The minimum atomic E-state index is -0.122. The molecule has 3 heteroatoms. The van der Waals surface area contributed by atoms with Crippen molar-refractivity contribution in [3.63, 3.8) is 0 Å². The predicted molar refractivity (Wildman–Crippen MR) is 67.3 cm³/mol. The molecule has 0 fully saturated rings. The van der Waals surface area contributed by atoms with Crippen LogP contribution in [0.15, 0.2) is 24.3 Å². The van der Waals surface area contributed by atoms with Crippen LogP contribution in [-0.4, -0.2) is 9.78 Å². The zero-order valence-electron chi connectivity index (χ0n) is 10.5. The SMILES string of the molecule is CCCc1ccc(-c2cc(C)nn2C)cc1F. The summed E-state index contributed by atoms with van der Waals surface area (Å²) in [6, 6.07) is 7.40. The van der Waals surface area contributed by atoms with Gasteiger partial charge in [-0.1, -0.05) is 25.5 Å². The lowest BCUT2D eigenvalue weighted by Gasteiger charge is -2.05. The van der Waals surface area contributed by atoms with Crippen molar-refractivity contribution in [1.29, 1.82) is 0 Å². The molecule has 2 aromatic rings. The highest BCUT2D eigenvalue weighted by Crippen LogP contribution is 2.22. The summed E-state index contributed by atoms with van der Waals surface area (Å²) >= 11 is 0. The second kappa shape index (κ2) is 4.70. The minimum absolute atomic E-state index is 0.122. The molecule has 2 nitrogen and oxygen atoms in total. The Hall–Kier alpha value is -1.64. The van der Waals surface area contributed by atoms with E-state index in [4.69, 9.17) is 0 Å². The summed E-state index contributed by atoms with van der Waals surface area (Å²) < 4.78 is 15.6. The fraction of sp³-hybridized carbons (Fsp3) is 0.357. The van der Waals surface area contributed by atoms with Crippen molar-refractivity contribution >= 4 is 0 Å². The monoisotopic (exact) mass is 232 g/mol. The van der Waals surface area contributed by atoms with E-state index < -0.39 is 0 Å². The van der Waals surface area contributed by atoms with Gasteiger partial charge in [-0.2, -0.15) is 5.10 Å². The Bertz CT molecular complexity index is 529. The maximum absolute atomic E-state index is 13.8. The molecule has 1 aromatic carbocycles. The van der Waals surface area contributed by atoms with Crippen LogP contribution in [0.5, 0.6) is 0 Å². The lowest BCUT2D eigenvalue weighted by atomic mass is 10.0. The minimum Gasteiger partial charge on any atom is -0.268 e. The van der Waals surface area contributed by atoms with Gasteiger partial charge in [-0.15, -0.1) is 0 Å². The molecule has 0 aliphatic heterocycles. The Kier molecular flexibility index (Phi) is 3.27. The molecule has 0 aliphatic carbocycles. The van der Waals surface area contributed by atoms with E-state index in [1.165, 1.54) is 0 Å². The Morgan fingerprint density at radius 1 is 1.29 bits per heavy atom. The second-order valence-corrected chi connectivity index (χ2v) is 4.35. The van der Waals surface area contributed by atoms with Gasteiger partial charge in [-0.25, -0.2) is 4.39 Å². The van der Waals surface area contributed by atoms with Crippen LogP contribution in [0.25, 0.3) is 11.3 Å². The molecule has 1 heterocycles. The number of halogens is 1. The van der Waals surface area contributed by atoms with Crippen LogP contribution in [0, 0.1) is 12.7 Å². The van der Waals surface area contributed by atoms with Crippen LogP contribution >= 0.6 is 0 Å². The normalized spacial score (nSPS) is 10.8. The predicted octanol–water partition coefficient (Wildman–Crippen LogP) is 3.49. The zero-order valence-corrected chi connectivity index (χ0v) is 10.5. The summed E-state index contributed by atoms with van der Waals surface area (Å²) in [5.74, 6) is -0.122. The van der Waals surface area contributed by atoms with E-state index in [0.29, 0.717) is 0 Å². The van der Waals surface area contributed by atoms with Crippen LogP contribution in [-0.2, 0) is 13.5 Å². The van der Waals surface area contributed by atoms with Crippen molar-refractivity contribution in [2.24, 2.45) is 7.05 Å². The van der Waals surface area contributed by atoms with Crippen molar-refractivity contribution in [3.8, 4) is 11.3 Å². The molecule has 2 rings (SSSR count). The van der Waals surface area contributed by atoms with Gasteiger partial charge in [-0.05, 0) is 31.0 Å². The maximum atomic E-state index is 13.8. The van der Waals surface area contributed by atoms with Crippen molar-refractivity contribution in [2.45, 2.75) is 26.7 Å². The first-order valence-corrected chi connectivity index (χ1v) is 5.91. The Labute approximate surface area is 101 Å². The molecule has 0 bridgehead atoms. The average molecular weight is 232 g/mol. The number of nitrogens with zero attached hydrogens (tertiary/aromatic N) is 2. The third kappa shape index (κ3) is 2.38. The Morgan fingerprint density at radius 3 is 2.59 bits per heavy atom. The quantitative estimate of drug-likeness (QED) is 0.792. The largest absolute Gasteiger partial charge is 0.268 e.